The molecule has 0 spiro atoms. The number of hydrogen-bond acceptors (Lipinski definition) is 5. The summed E-state index contributed by atoms with van der Waals surface area (Å²) in [6.07, 6.45) is 3.32. The van der Waals surface area contributed by atoms with Gasteiger partial charge in [-0.05, 0) is 18.6 Å². The molecule has 0 bridgehead atoms. The van der Waals surface area contributed by atoms with Crippen LogP contribution in [0.1, 0.15) is 30.8 Å². The second kappa shape index (κ2) is 8.91. The van der Waals surface area contributed by atoms with Gasteiger partial charge < -0.3 is 9.73 Å². The van der Waals surface area contributed by atoms with Gasteiger partial charge in [-0.1, -0.05) is 48.5 Å². The summed E-state index contributed by atoms with van der Waals surface area (Å²) < 4.78 is 31.3. The molecule has 7 nitrogen and oxygen atoms in total. The maximum Gasteiger partial charge on any atom is 0.229 e. The monoisotopic (exact) mass is 413 g/mol. The minimum Gasteiger partial charge on any atom is -0.441 e. The molecular weight excluding hydrogens is 390 g/mol. The maximum atomic E-state index is 12.4. The molecule has 0 unspecified atom stereocenters. The number of hydrogen-bond donors (Lipinski definition) is 2. The highest BCUT2D eigenvalue weighted by atomic mass is 32.2. The maximum absolute atomic E-state index is 12.4. The Morgan fingerprint density at radius 1 is 1.10 bits per heavy atom. The quantitative estimate of drug-likeness (QED) is 0.588. The van der Waals surface area contributed by atoms with E-state index < -0.39 is 10.0 Å². The number of anilines is 1. The summed E-state index contributed by atoms with van der Waals surface area (Å²) >= 11 is 0. The van der Waals surface area contributed by atoms with Crippen LogP contribution in [-0.4, -0.2) is 25.6 Å². The zero-order chi connectivity index (χ0) is 20.9. The summed E-state index contributed by atoms with van der Waals surface area (Å²) in [6.45, 7) is 1.80. The number of sulfonamides is 1. The molecule has 29 heavy (non-hydrogen) atoms. The van der Waals surface area contributed by atoms with Gasteiger partial charge in [0.25, 0.3) is 0 Å². The first-order valence-electron chi connectivity index (χ1n) is 9.18. The van der Waals surface area contributed by atoms with Gasteiger partial charge in [-0.15, -0.1) is 0 Å². The number of rotatable bonds is 8. The summed E-state index contributed by atoms with van der Waals surface area (Å²) in [5, 5.41) is 2.89. The van der Waals surface area contributed by atoms with Crippen LogP contribution in [0, 0.1) is 0 Å². The summed E-state index contributed by atoms with van der Waals surface area (Å²) in [5.74, 6) is 0.979. The lowest BCUT2D eigenvalue weighted by atomic mass is 10.1. The fraction of sp³-hybridized carbons (Fsp3) is 0.238. The second-order valence-corrected chi connectivity index (χ2v) is 8.48. The molecule has 1 atom stereocenters. The van der Waals surface area contributed by atoms with E-state index in [9.17, 15) is 13.2 Å². The third-order valence-electron chi connectivity index (χ3n) is 4.28. The first-order valence-corrected chi connectivity index (χ1v) is 11.1. The van der Waals surface area contributed by atoms with E-state index in [2.05, 4.69) is 15.0 Å². The number of oxazole rings is 1. The van der Waals surface area contributed by atoms with Crippen molar-refractivity contribution in [2.45, 2.75) is 25.8 Å². The van der Waals surface area contributed by atoms with Gasteiger partial charge in [0.2, 0.25) is 15.9 Å². The predicted octanol–water partition coefficient (Wildman–Crippen LogP) is 3.52. The Morgan fingerprint density at radius 2 is 1.79 bits per heavy atom. The van der Waals surface area contributed by atoms with Gasteiger partial charge in [-0.25, -0.2) is 13.4 Å². The van der Waals surface area contributed by atoms with Gasteiger partial charge in [-0.3, -0.25) is 9.52 Å². The minimum absolute atomic E-state index is 0.175. The molecule has 0 aliphatic heterocycles. The first kappa shape index (κ1) is 20.6. The Balaban J connectivity index is 1.58. The van der Waals surface area contributed by atoms with Crippen LogP contribution in [0.2, 0.25) is 0 Å². The topological polar surface area (TPSA) is 101 Å². The zero-order valence-corrected chi connectivity index (χ0v) is 17.1. The van der Waals surface area contributed by atoms with Gasteiger partial charge in [0.1, 0.15) is 0 Å². The van der Waals surface area contributed by atoms with E-state index >= 15 is 0 Å². The lowest BCUT2D eigenvalue weighted by Gasteiger charge is -2.18. The van der Waals surface area contributed by atoms with Crippen LogP contribution in [0.25, 0.3) is 11.3 Å². The SMILES string of the molecule is C[C@H](NC(=O)CCc1ncc(-c2ccccc2)o1)c1ccccc1NS(C)(=O)=O. The number of aromatic nitrogens is 1. The third kappa shape index (κ3) is 5.92. The highest BCUT2D eigenvalue weighted by molar-refractivity contribution is 7.92. The number of para-hydroxylation sites is 1. The van der Waals surface area contributed by atoms with Crippen LogP contribution in [0.15, 0.2) is 65.2 Å². The van der Waals surface area contributed by atoms with Crippen LogP contribution in [0.3, 0.4) is 0 Å². The molecule has 3 rings (SSSR count). The molecule has 2 aromatic carbocycles. The summed E-state index contributed by atoms with van der Waals surface area (Å²) in [7, 11) is -3.41. The highest BCUT2D eigenvalue weighted by Gasteiger charge is 2.16. The third-order valence-corrected chi connectivity index (χ3v) is 4.87. The molecule has 0 saturated carbocycles. The Bertz CT molecular complexity index is 1080. The molecule has 1 heterocycles. The summed E-state index contributed by atoms with van der Waals surface area (Å²) in [6, 6.07) is 16.2. The lowest BCUT2D eigenvalue weighted by molar-refractivity contribution is -0.121. The van der Waals surface area contributed by atoms with Crippen molar-refractivity contribution in [2.75, 3.05) is 11.0 Å². The van der Waals surface area contributed by atoms with E-state index in [1.807, 2.05) is 30.3 Å². The number of amides is 1. The average molecular weight is 413 g/mol. The number of nitrogens with zero attached hydrogens (tertiary/aromatic N) is 1. The van der Waals surface area contributed by atoms with Crippen LogP contribution in [0.5, 0.6) is 0 Å². The summed E-state index contributed by atoms with van der Waals surface area (Å²) in [5.41, 5.74) is 2.07. The molecule has 3 aromatic rings. The highest BCUT2D eigenvalue weighted by Crippen LogP contribution is 2.24. The first-order chi connectivity index (χ1) is 13.8. The lowest BCUT2D eigenvalue weighted by Crippen LogP contribution is -2.27. The number of nitrogens with one attached hydrogen (secondary N) is 2. The standard InChI is InChI=1S/C21H23N3O4S/c1-15(17-10-6-7-11-18(17)24-29(2,26)27)23-20(25)12-13-21-22-14-19(28-21)16-8-4-3-5-9-16/h3-11,14-15,24H,12-13H2,1-2H3,(H,23,25)/t15-/m0/s1. The Kier molecular flexibility index (Phi) is 6.33. The van der Waals surface area contributed by atoms with E-state index in [-0.39, 0.29) is 18.4 Å². The number of aryl methyl sites for hydroxylation is 1. The van der Waals surface area contributed by atoms with Crippen molar-refractivity contribution in [3.05, 3.63) is 72.2 Å². The molecule has 0 fully saturated rings. The molecule has 2 N–H and O–H groups in total. The molecule has 0 saturated heterocycles. The van der Waals surface area contributed by atoms with E-state index in [1.54, 1.807) is 37.4 Å². The number of benzene rings is 2. The van der Waals surface area contributed by atoms with E-state index in [1.165, 1.54) is 0 Å². The van der Waals surface area contributed by atoms with Gasteiger partial charge >= 0.3 is 0 Å². The molecule has 8 heteroatoms. The normalized spacial score (nSPS) is 12.3. The average Bonchev–Trinajstić information content (AvgIpc) is 3.15. The van der Waals surface area contributed by atoms with Crippen LogP contribution < -0.4 is 10.0 Å². The van der Waals surface area contributed by atoms with Crippen molar-refractivity contribution in [3.8, 4) is 11.3 Å². The van der Waals surface area contributed by atoms with Gasteiger partial charge in [0.15, 0.2) is 11.7 Å². The minimum atomic E-state index is -3.41. The van der Waals surface area contributed by atoms with E-state index in [0.29, 0.717) is 29.3 Å². The smallest absolute Gasteiger partial charge is 0.229 e. The molecule has 1 amide bonds. The second-order valence-electron chi connectivity index (χ2n) is 6.73. The predicted molar refractivity (Wildman–Crippen MR) is 112 cm³/mol. The van der Waals surface area contributed by atoms with E-state index in [0.717, 1.165) is 11.8 Å². The van der Waals surface area contributed by atoms with Crippen molar-refractivity contribution in [1.82, 2.24) is 10.3 Å². The molecular formula is C21H23N3O4S. The fourth-order valence-electron chi connectivity index (χ4n) is 2.94. The van der Waals surface area contributed by atoms with E-state index in [4.69, 9.17) is 4.42 Å². The Labute approximate surface area is 170 Å². The van der Waals surface area contributed by atoms with Crippen molar-refractivity contribution in [3.63, 3.8) is 0 Å². The van der Waals surface area contributed by atoms with Crippen molar-refractivity contribution >= 4 is 21.6 Å². The Morgan fingerprint density at radius 3 is 2.52 bits per heavy atom. The number of carbonyl (C=O) groups excluding carboxylic acids is 1. The molecule has 0 aliphatic carbocycles. The van der Waals surface area contributed by atoms with Crippen LogP contribution >= 0.6 is 0 Å². The zero-order valence-electron chi connectivity index (χ0n) is 16.3. The van der Waals surface area contributed by atoms with Crippen molar-refractivity contribution in [1.29, 1.82) is 0 Å². The van der Waals surface area contributed by atoms with Gasteiger partial charge in [0.05, 0.1) is 24.2 Å². The molecule has 0 radical (unpaired) electrons. The molecule has 1 aromatic heterocycles. The Hall–Kier alpha value is -3.13. The van der Waals surface area contributed by atoms with Crippen molar-refractivity contribution < 1.29 is 17.6 Å². The fourth-order valence-corrected chi connectivity index (χ4v) is 3.53. The largest absolute Gasteiger partial charge is 0.441 e. The van der Waals surface area contributed by atoms with Gasteiger partial charge in [-0.2, -0.15) is 0 Å². The molecule has 0 aliphatic rings. The number of carbonyl (C=O) groups is 1. The van der Waals surface area contributed by atoms with Crippen LogP contribution in [-0.2, 0) is 21.2 Å². The van der Waals surface area contributed by atoms with Crippen molar-refractivity contribution in [2.24, 2.45) is 0 Å². The van der Waals surface area contributed by atoms with Crippen LogP contribution in [0.4, 0.5) is 5.69 Å². The van der Waals surface area contributed by atoms with Gasteiger partial charge in [0, 0.05) is 18.4 Å². The summed E-state index contributed by atoms with van der Waals surface area (Å²) in [4.78, 5) is 16.6. The molecule has 152 valence electrons.